The molecule has 0 aliphatic rings. The zero-order valence-corrected chi connectivity index (χ0v) is 42.4. The van der Waals surface area contributed by atoms with Gasteiger partial charge in [-0.3, -0.25) is 14.4 Å². The van der Waals surface area contributed by atoms with Gasteiger partial charge in [0.05, 0.1) is 6.42 Å². The molecule has 0 fully saturated rings. The molecule has 6 heteroatoms. The lowest BCUT2D eigenvalue weighted by atomic mass is 10.1. The molecule has 0 aliphatic carbocycles. The molecule has 6 nitrogen and oxygen atoms in total. The fourth-order valence-corrected chi connectivity index (χ4v) is 6.72. The second kappa shape index (κ2) is 53.4. The minimum Gasteiger partial charge on any atom is -0.462 e. The Morgan fingerprint density at radius 1 is 0.333 bits per heavy atom. The quantitative estimate of drug-likeness (QED) is 0.0262. The van der Waals surface area contributed by atoms with Crippen LogP contribution in [-0.4, -0.2) is 37.2 Å². The summed E-state index contributed by atoms with van der Waals surface area (Å²) >= 11 is 0. The maximum Gasteiger partial charge on any atom is 0.310 e. The predicted molar refractivity (Wildman–Crippen MR) is 283 cm³/mol. The van der Waals surface area contributed by atoms with Gasteiger partial charge in [0.1, 0.15) is 13.2 Å². The van der Waals surface area contributed by atoms with E-state index in [1.165, 1.54) is 57.8 Å². The Bertz CT molecular complexity index is 1420. The second-order valence-electron chi connectivity index (χ2n) is 17.1. The fourth-order valence-electron chi connectivity index (χ4n) is 6.72. The highest BCUT2D eigenvalue weighted by Gasteiger charge is 2.19. The summed E-state index contributed by atoms with van der Waals surface area (Å²) in [6.07, 6.45) is 73.4. The number of hydrogen-bond donors (Lipinski definition) is 0. The summed E-state index contributed by atoms with van der Waals surface area (Å²) in [7, 11) is 0. The smallest absolute Gasteiger partial charge is 0.310 e. The Hall–Kier alpha value is -4.19. The van der Waals surface area contributed by atoms with E-state index in [0.29, 0.717) is 19.3 Å². The Morgan fingerprint density at radius 2 is 0.652 bits per heavy atom. The van der Waals surface area contributed by atoms with E-state index in [1.54, 1.807) is 6.08 Å². The first-order valence-electron chi connectivity index (χ1n) is 26.5. The van der Waals surface area contributed by atoms with E-state index in [4.69, 9.17) is 14.2 Å². The molecule has 0 N–H and O–H groups in total. The number of carbonyl (C=O) groups is 3. The third kappa shape index (κ3) is 50.8. The average molecular weight is 913 g/mol. The molecule has 1 unspecified atom stereocenters. The van der Waals surface area contributed by atoms with Gasteiger partial charge in [-0.15, -0.1) is 0 Å². The van der Waals surface area contributed by atoms with Crippen LogP contribution in [0.3, 0.4) is 0 Å². The number of ether oxygens (including phenoxy) is 3. The van der Waals surface area contributed by atoms with Crippen molar-refractivity contribution in [2.45, 2.75) is 226 Å². The van der Waals surface area contributed by atoms with E-state index >= 15 is 0 Å². The minimum absolute atomic E-state index is 0.0861. The third-order valence-corrected chi connectivity index (χ3v) is 10.7. The maximum absolute atomic E-state index is 12.8. The van der Waals surface area contributed by atoms with Gasteiger partial charge in [0.2, 0.25) is 0 Å². The van der Waals surface area contributed by atoms with Gasteiger partial charge >= 0.3 is 17.9 Å². The Balaban J connectivity index is 4.55. The SMILES string of the molecule is CC/C=C\C/C=C\C/C=C\C/C=C\C/C=C\CC(=O)OC(COC(=O)CCCCCCC/C=C\C/C=C\CCCC)COC(=O)CCCCCCCC/C=C\C/C=C\C/C=C\CCCCC. The van der Waals surface area contributed by atoms with E-state index in [9.17, 15) is 14.4 Å². The van der Waals surface area contributed by atoms with E-state index in [1.807, 2.05) is 6.08 Å². The lowest BCUT2D eigenvalue weighted by Crippen LogP contribution is -2.30. The summed E-state index contributed by atoms with van der Waals surface area (Å²) in [5.41, 5.74) is 0. The Morgan fingerprint density at radius 3 is 1.05 bits per heavy atom. The first kappa shape index (κ1) is 61.8. The van der Waals surface area contributed by atoms with Crippen molar-refractivity contribution >= 4 is 17.9 Å². The largest absolute Gasteiger partial charge is 0.462 e. The average Bonchev–Trinajstić information content (AvgIpc) is 3.31. The third-order valence-electron chi connectivity index (χ3n) is 10.7. The number of hydrogen-bond acceptors (Lipinski definition) is 6. The molecule has 66 heavy (non-hydrogen) atoms. The minimum atomic E-state index is -0.847. The lowest BCUT2D eigenvalue weighted by molar-refractivity contribution is -0.166. The summed E-state index contributed by atoms with van der Waals surface area (Å²) < 4.78 is 16.7. The predicted octanol–water partition coefficient (Wildman–Crippen LogP) is 17.7. The van der Waals surface area contributed by atoms with Gasteiger partial charge in [-0.1, -0.05) is 213 Å². The van der Waals surface area contributed by atoms with Gasteiger partial charge in [0, 0.05) is 12.8 Å². The number of carbonyl (C=O) groups excluding carboxylic acids is 3. The first-order chi connectivity index (χ1) is 32.5. The summed E-state index contributed by atoms with van der Waals surface area (Å²) in [4.78, 5) is 38.0. The topological polar surface area (TPSA) is 78.9 Å². The first-order valence-corrected chi connectivity index (χ1v) is 26.5. The highest BCUT2D eigenvalue weighted by atomic mass is 16.6. The van der Waals surface area contributed by atoms with Crippen molar-refractivity contribution in [3.05, 3.63) is 122 Å². The van der Waals surface area contributed by atoms with Crippen molar-refractivity contribution in [2.75, 3.05) is 13.2 Å². The maximum atomic E-state index is 12.8. The number of esters is 3. The van der Waals surface area contributed by atoms with Gasteiger partial charge in [-0.25, -0.2) is 0 Å². The molecule has 0 aromatic rings. The molecule has 372 valence electrons. The van der Waals surface area contributed by atoms with Crippen molar-refractivity contribution in [1.82, 2.24) is 0 Å². The molecule has 1 atom stereocenters. The Labute approximate surface area is 405 Å². The van der Waals surface area contributed by atoms with Crippen molar-refractivity contribution < 1.29 is 28.6 Å². The monoisotopic (exact) mass is 913 g/mol. The van der Waals surface area contributed by atoms with Crippen LogP contribution in [0.15, 0.2) is 122 Å². The molecular weight excluding hydrogens is 817 g/mol. The summed E-state index contributed by atoms with van der Waals surface area (Å²) in [5, 5.41) is 0. The Kier molecular flexibility index (Phi) is 50.0. The second-order valence-corrected chi connectivity index (χ2v) is 17.1. The standard InChI is InChI=1S/C60H96O6/c1-4-7-10-13-16-19-22-25-28-29-30-31-33-35-38-41-44-47-50-53-59(62)65-56-57(55-64-58(61)52-49-46-43-40-37-34-27-24-21-18-15-12-9-6-3)66-60(63)54-51-48-45-42-39-36-32-26-23-20-17-14-11-8-5-2/h8,11,15-20,24-28,30-32,39,42,48,51,57H,4-7,9-10,12-14,21-23,29,33-38,40-41,43-47,49-50,52-56H2,1-3H3/b11-8-,18-15-,19-16-,20-17-,27-24-,28-25-,31-30-,32-26-,42-39-,51-48-. The van der Waals surface area contributed by atoms with Crippen LogP contribution in [0.1, 0.15) is 220 Å². The van der Waals surface area contributed by atoms with E-state index < -0.39 is 12.1 Å². The fraction of sp³-hybridized carbons (Fsp3) is 0.617. The summed E-state index contributed by atoms with van der Waals surface area (Å²) in [5.74, 6) is -1.09. The molecule has 0 bridgehead atoms. The molecular formula is C60H96O6. The van der Waals surface area contributed by atoms with E-state index in [-0.39, 0.29) is 31.6 Å². The number of allylic oxidation sites excluding steroid dienone is 19. The molecule has 0 aromatic carbocycles. The van der Waals surface area contributed by atoms with Crippen molar-refractivity contribution in [1.29, 1.82) is 0 Å². The highest BCUT2D eigenvalue weighted by Crippen LogP contribution is 2.12. The summed E-state index contributed by atoms with van der Waals surface area (Å²) in [6.45, 7) is 6.33. The lowest BCUT2D eigenvalue weighted by Gasteiger charge is -2.18. The number of rotatable bonds is 46. The molecule has 0 spiro atoms. The van der Waals surface area contributed by atoms with Crippen LogP contribution in [0.5, 0.6) is 0 Å². The molecule has 0 amide bonds. The van der Waals surface area contributed by atoms with Crippen LogP contribution >= 0.6 is 0 Å². The van der Waals surface area contributed by atoms with Crippen LogP contribution < -0.4 is 0 Å². The highest BCUT2D eigenvalue weighted by molar-refractivity contribution is 5.72. The molecule has 0 radical (unpaired) electrons. The van der Waals surface area contributed by atoms with Gasteiger partial charge in [0.25, 0.3) is 0 Å². The zero-order valence-electron chi connectivity index (χ0n) is 42.4. The molecule has 0 aliphatic heterocycles. The molecule has 0 aromatic heterocycles. The number of unbranched alkanes of at least 4 members (excludes halogenated alkanes) is 16. The van der Waals surface area contributed by atoms with E-state index in [2.05, 4.69) is 130 Å². The van der Waals surface area contributed by atoms with Crippen LogP contribution in [0.25, 0.3) is 0 Å². The normalized spacial score (nSPS) is 13.1. The zero-order chi connectivity index (χ0) is 47.9. The van der Waals surface area contributed by atoms with E-state index in [0.717, 1.165) is 116 Å². The van der Waals surface area contributed by atoms with Gasteiger partial charge in [0.15, 0.2) is 6.10 Å². The van der Waals surface area contributed by atoms with Crippen LogP contribution in [0.2, 0.25) is 0 Å². The summed E-state index contributed by atoms with van der Waals surface area (Å²) in [6, 6.07) is 0. The van der Waals surface area contributed by atoms with Crippen molar-refractivity contribution in [2.24, 2.45) is 0 Å². The van der Waals surface area contributed by atoms with Gasteiger partial charge in [-0.05, 0) is 109 Å². The molecule has 0 saturated carbocycles. The van der Waals surface area contributed by atoms with Crippen LogP contribution in [-0.2, 0) is 28.6 Å². The van der Waals surface area contributed by atoms with Gasteiger partial charge in [-0.2, -0.15) is 0 Å². The van der Waals surface area contributed by atoms with Gasteiger partial charge < -0.3 is 14.2 Å². The van der Waals surface area contributed by atoms with Crippen LogP contribution in [0.4, 0.5) is 0 Å². The van der Waals surface area contributed by atoms with Crippen LogP contribution in [0, 0.1) is 0 Å². The molecule has 0 heterocycles. The van der Waals surface area contributed by atoms with Crippen molar-refractivity contribution in [3.8, 4) is 0 Å². The van der Waals surface area contributed by atoms with Crippen molar-refractivity contribution in [3.63, 3.8) is 0 Å². The molecule has 0 saturated heterocycles. The molecule has 0 rings (SSSR count).